The Morgan fingerprint density at radius 2 is 1.86 bits per heavy atom. The molecule has 10 heteroatoms. The van der Waals surface area contributed by atoms with Crippen LogP contribution < -0.4 is 16.0 Å². The minimum atomic E-state index is -4.29. The summed E-state index contributed by atoms with van der Waals surface area (Å²) in [5.74, 6) is 2.94. The van der Waals surface area contributed by atoms with Gasteiger partial charge in [0, 0.05) is 10.7 Å². The van der Waals surface area contributed by atoms with E-state index < -0.39 is 27.3 Å². The van der Waals surface area contributed by atoms with Gasteiger partial charge in [0.2, 0.25) is 0 Å². The van der Waals surface area contributed by atoms with Gasteiger partial charge in [0.25, 0.3) is 10.0 Å². The van der Waals surface area contributed by atoms with Crippen LogP contribution in [0.2, 0.25) is 0 Å². The van der Waals surface area contributed by atoms with Crippen LogP contribution in [0.5, 0.6) is 0 Å². The fourth-order valence-electron chi connectivity index (χ4n) is 1.52. The van der Waals surface area contributed by atoms with Crippen LogP contribution in [0.4, 0.5) is 20.3 Å². The van der Waals surface area contributed by atoms with Crippen LogP contribution in [0.15, 0.2) is 39.8 Å². The average molecular weight is 379 g/mol. The molecule has 0 saturated carbocycles. The molecule has 4 N–H and O–H groups in total. The quantitative estimate of drug-likeness (QED) is 0.559. The molecule has 112 valence electrons. The number of nitrogens with one attached hydrogen (secondary N) is 2. The van der Waals surface area contributed by atoms with Crippen LogP contribution in [0.1, 0.15) is 0 Å². The summed E-state index contributed by atoms with van der Waals surface area (Å²) in [5.41, 5.74) is 1.33. The van der Waals surface area contributed by atoms with Crippen molar-refractivity contribution in [2.75, 3.05) is 10.1 Å². The van der Waals surface area contributed by atoms with Crippen LogP contribution in [0, 0.1) is 11.6 Å². The highest BCUT2D eigenvalue weighted by Gasteiger charge is 2.23. The molecule has 0 aliphatic heterocycles. The highest BCUT2D eigenvalue weighted by molar-refractivity contribution is 9.10. The lowest BCUT2D eigenvalue weighted by Gasteiger charge is -2.12. The largest absolute Gasteiger partial charge is 0.307 e. The number of nitrogens with two attached hydrogens (primary N) is 1. The highest BCUT2D eigenvalue weighted by atomic mass is 79.9. The maximum absolute atomic E-state index is 13.5. The molecule has 2 rings (SSSR count). The van der Waals surface area contributed by atoms with Gasteiger partial charge in [-0.15, -0.1) is 0 Å². The molecule has 0 aliphatic rings. The molecule has 1 aromatic carbocycles. The van der Waals surface area contributed by atoms with Crippen LogP contribution in [0.3, 0.4) is 0 Å². The lowest BCUT2D eigenvalue weighted by molar-refractivity contribution is 0.583. The zero-order chi connectivity index (χ0) is 15.6. The summed E-state index contributed by atoms with van der Waals surface area (Å²) >= 11 is 3.06. The minimum absolute atomic E-state index is 0.164. The second kappa shape index (κ2) is 5.92. The summed E-state index contributed by atoms with van der Waals surface area (Å²) in [7, 11) is -4.29. The van der Waals surface area contributed by atoms with Gasteiger partial charge in [0.15, 0.2) is 5.82 Å². The first-order valence-electron chi connectivity index (χ1n) is 5.44. The number of hydrogen-bond donors (Lipinski definition) is 3. The summed E-state index contributed by atoms with van der Waals surface area (Å²) in [5, 5.41) is 0. The van der Waals surface area contributed by atoms with Crippen LogP contribution >= 0.6 is 15.9 Å². The number of halogens is 3. The van der Waals surface area contributed by atoms with Crippen molar-refractivity contribution < 1.29 is 17.2 Å². The Kier molecular flexibility index (Phi) is 4.40. The zero-order valence-electron chi connectivity index (χ0n) is 10.3. The number of hydrogen-bond acceptors (Lipinski definition) is 5. The fourth-order valence-corrected chi connectivity index (χ4v) is 3.22. The SMILES string of the molecule is NNc1ncc(Br)cc1S(=O)(=O)Nc1c(F)cccc1F. The molecule has 2 aromatic rings. The predicted octanol–water partition coefficient (Wildman–Crippen LogP) is 2.21. The van der Waals surface area contributed by atoms with E-state index in [9.17, 15) is 17.2 Å². The second-order valence-corrected chi connectivity index (χ2v) is 6.41. The van der Waals surface area contributed by atoms with E-state index in [0.29, 0.717) is 4.47 Å². The van der Waals surface area contributed by atoms with Gasteiger partial charge in [-0.1, -0.05) is 6.07 Å². The third kappa shape index (κ3) is 3.28. The topological polar surface area (TPSA) is 97.1 Å². The van der Waals surface area contributed by atoms with Crippen LogP contribution in [-0.2, 0) is 10.0 Å². The molecule has 0 radical (unpaired) electrons. The number of hydrazine groups is 1. The van der Waals surface area contributed by atoms with Crippen molar-refractivity contribution in [1.29, 1.82) is 0 Å². The molecule has 1 aromatic heterocycles. The Labute approximate surface area is 127 Å². The smallest absolute Gasteiger partial charge is 0.265 e. The van der Waals surface area contributed by atoms with Crippen molar-refractivity contribution in [3.05, 3.63) is 46.6 Å². The monoisotopic (exact) mass is 378 g/mol. The molecule has 21 heavy (non-hydrogen) atoms. The van der Waals surface area contributed by atoms with Crippen molar-refractivity contribution in [2.24, 2.45) is 5.84 Å². The predicted molar refractivity (Wildman–Crippen MR) is 76.9 cm³/mol. The number of nitrogen functional groups attached to an aromatic ring is 1. The van der Waals surface area contributed by atoms with Crippen LogP contribution in [0.25, 0.3) is 0 Å². The molecule has 1 heterocycles. The van der Waals surface area contributed by atoms with Gasteiger partial charge in [-0.25, -0.2) is 28.0 Å². The zero-order valence-corrected chi connectivity index (χ0v) is 12.7. The number of para-hydroxylation sites is 1. The van der Waals surface area contributed by atoms with Crippen molar-refractivity contribution in [3.63, 3.8) is 0 Å². The normalized spacial score (nSPS) is 11.2. The van der Waals surface area contributed by atoms with Crippen molar-refractivity contribution >= 4 is 37.5 Å². The van der Waals surface area contributed by atoms with Crippen molar-refractivity contribution in [3.8, 4) is 0 Å². The Hall–Kier alpha value is -1.78. The minimum Gasteiger partial charge on any atom is -0.307 e. The highest BCUT2D eigenvalue weighted by Crippen LogP contribution is 2.26. The lowest BCUT2D eigenvalue weighted by atomic mass is 10.3. The lowest BCUT2D eigenvalue weighted by Crippen LogP contribution is -2.19. The molecule has 0 amide bonds. The van der Waals surface area contributed by atoms with Gasteiger partial charge in [-0.2, -0.15) is 0 Å². The molecular weight excluding hydrogens is 370 g/mol. The van der Waals surface area contributed by atoms with Crippen molar-refractivity contribution in [2.45, 2.75) is 4.90 Å². The first-order chi connectivity index (χ1) is 9.85. The van der Waals surface area contributed by atoms with Gasteiger partial charge in [-0.3, -0.25) is 4.72 Å². The number of aromatic nitrogens is 1. The Bertz CT molecular complexity index is 766. The first-order valence-corrected chi connectivity index (χ1v) is 7.72. The van der Waals surface area contributed by atoms with E-state index in [1.807, 2.05) is 4.72 Å². The number of pyridine rings is 1. The summed E-state index contributed by atoms with van der Waals surface area (Å²) < 4.78 is 53.7. The molecule has 0 bridgehead atoms. The van der Waals surface area contributed by atoms with Crippen LogP contribution in [-0.4, -0.2) is 13.4 Å². The van der Waals surface area contributed by atoms with Gasteiger partial charge < -0.3 is 5.43 Å². The molecule has 0 spiro atoms. The number of anilines is 2. The fraction of sp³-hybridized carbons (Fsp3) is 0. The van der Waals surface area contributed by atoms with E-state index in [0.717, 1.165) is 18.2 Å². The molecule has 0 aliphatic carbocycles. The summed E-state index contributed by atoms with van der Waals surface area (Å²) in [6.07, 6.45) is 1.32. The maximum Gasteiger partial charge on any atom is 0.265 e. The number of benzene rings is 1. The Morgan fingerprint density at radius 1 is 1.24 bits per heavy atom. The van der Waals surface area contributed by atoms with E-state index in [-0.39, 0.29) is 10.7 Å². The number of nitrogens with zero attached hydrogens (tertiary/aromatic N) is 1. The third-order valence-corrected chi connectivity index (χ3v) is 4.24. The van der Waals surface area contributed by atoms with Gasteiger partial charge in [0.05, 0.1) is 0 Å². The molecule has 0 saturated heterocycles. The number of sulfonamides is 1. The summed E-state index contributed by atoms with van der Waals surface area (Å²) in [6, 6.07) is 4.18. The standard InChI is InChI=1S/C11H9BrF2N4O2S/c12-6-4-9(11(17-15)16-5-6)21(19,20)18-10-7(13)2-1-3-8(10)14/h1-5,18H,15H2,(H,16,17). The van der Waals surface area contributed by atoms with Gasteiger partial charge >= 0.3 is 0 Å². The summed E-state index contributed by atoms with van der Waals surface area (Å²) in [6.45, 7) is 0. The second-order valence-electron chi connectivity index (χ2n) is 3.85. The first kappa shape index (κ1) is 15.6. The third-order valence-electron chi connectivity index (χ3n) is 2.44. The Morgan fingerprint density at radius 3 is 2.43 bits per heavy atom. The molecule has 0 unspecified atom stereocenters. The van der Waals surface area contributed by atoms with Gasteiger partial charge in [0.1, 0.15) is 22.2 Å². The molecule has 0 atom stereocenters. The van der Waals surface area contributed by atoms with Crippen molar-refractivity contribution in [1.82, 2.24) is 4.98 Å². The van der Waals surface area contributed by atoms with E-state index in [1.165, 1.54) is 12.3 Å². The van der Waals surface area contributed by atoms with E-state index in [1.54, 1.807) is 0 Å². The molecular formula is C11H9BrF2N4O2S. The summed E-state index contributed by atoms with van der Waals surface area (Å²) in [4.78, 5) is 3.40. The van der Waals surface area contributed by atoms with E-state index in [4.69, 9.17) is 5.84 Å². The Balaban J connectivity index is 2.51. The molecule has 6 nitrogen and oxygen atoms in total. The van der Waals surface area contributed by atoms with E-state index >= 15 is 0 Å². The molecule has 0 fully saturated rings. The number of rotatable bonds is 4. The van der Waals surface area contributed by atoms with Gasteiger partial charge in [-0.05, 0) is 34.1 Å². The van der Waals surface area contributed by atoms with E-state index in [2.05, 4.69) is 26.3 Å². The average Bonchev–Trinajstić information content (AvgIpc) is 2.43. The maximum atomic E-state index is 13.5.